The Morgan fingerprint density at radius 3 is 2.75 bits per heavy atom. The Bertz CT molecular complexity index is 1030. The molecule has 2 aromatic carbocycles. The maximum Gasteiger partial charge on any atom is 0.196 e. The number of aromatic nitrogens is 1. The molecule has 3 aromatic rings. The first-order valence-electron chi connectivity index (χ1n) is 9.37. The minimum atomic E-state index is -0.228. The summed E-state index contributed by atoms with van der Waals surface area (Å²) < 4.78 is 0.196. The van der Waals surface area contributed by atoms with Crippen LogP contribution in [0.2, 0.25) is 5.02 Å². The molecule has 1 atom stereocenters. The number of rotatable bonds is 4. The van der Waals surface area contributed by atoms with Gasteiger partial charge in [-0.2, -0.15) is 0 Å². The third-order valence-corrected chi connectivity index (χ3v) is 8.62. The Kier molecular flexibility index (Phi) is 5.73. The minimum absolute atomic E-state index is 0.196. The average Bonchev–Trinajstić information content (AvgIpc) is 2.68. The van der Waals surface area contributed by atoms with E-state index in [1.807, 2.05) is 43.8 Å². The van der Waals surface area contributed by atoms with Crippen LogP contribution >= 0.6 is 35.1 Å². The van der Waals surface area contributed by atoms with Crippen molar-refractivity contribution < 1.29 is 4.79 Å². The summed E-state index contributed by atoms with van der Waals surface area (Å²) >= 11 is 9.44. The fourth-order valence-corrected chi connectivity index (χ4v) is 6.14. The molecule has 1 aliphatic rings. The van der Waals surface area contributed by atoms with Crippen molar-refractivity contribution in [3.63, 3.8) is 0 Å². The molecule has 1 aliphatic heterocycles. The summed E-state index contributed by atoms with van der Waals surface area (Å²) in [6, 6.07) is 18.6. The highest BCUT2D eigenvalue weighted by atomic mass is 35.5. The van der Waals surface area contributed by atoms with Crippen LogP contribution in [0.4, 0.5) is 0 Å². The number of fused-ring (bicyclic) bond motifs is 1. The quantitative estimate of drug-likeness (QED) is 0.463. The number of hydrogen-bond acceptors (Lipinski definition) is 4. The maximum atomic E-state index is 12.4. The van der Waals surface area contributed by atoms with Gasteiger partial charge in [-0.25, -0.2) is 0 Å². The molecule has 0 saturated carbocycles. The van der Waals surface area contributed by atoms with Crippen LogP contribution in [0.3, 0.4) is 0 Å². The molecule has 1 fully saturated rings. The number of benzene rings is 2. The largest absolute Gasteiger partial charge is 0.287 e. The van der Waals surface area contributed by atoms with Crippen LogP contribution in [0.1, 0.15) is 35.3 Å². The van der Waals surface area contributed by atoms with Gasteiger partial charge in [0, 0.05) is 27.3 Å². The monoisotopic (exact) mass is 427 g/mol. The molecule has 28 heavy (non-hydrogen) atoms. The smallest absolute Gasteiger partial charge is 0.196 e. The summed E-state index contributed by atoms with van der Waals surface area (Å²) in [5.41, 5.74) is 4.29. The Morgan fingerprint density at radius 1 is 1.11 bits per heavy atom. The number of nitrogens with zero attached hydrogens (tertiary/aromatic N) is 1. The number of halogens is 1. The second-order valence-electron chi connectivity index (χ2n) is 7.82. The van der Waals surface area contributed by atoms with Gasteiger partial charge in [-0.05, 0) is 42.2 Å². The number of aryl methyl sites for hydroxylation is 2. The lowest BCUT2D eigenvalue weighted by Gasteiger charge is -2.31. The van der Waals surface area contributed by atoms with Crippen LogP contribution in [-0.2, 0) is 17.6 Å². The van der Waals surface area contributed by atoms with Crippen LogP contribution in [0.15, 0.2) is 54.6 Å². The second-order valence-corrected chi connectivity index (χ2v) is 10.7. The minimum Gasteiger partial charge on any atom is -0.287 e. The van der Waals surface area contributed by atoms with E-state index >= 15 is 0 Å². The zero-order valence-corrected chi connectivity index (χ0v) is 18.3. The number of thioether (sulfide) groups is 2. The van der Waals surface area contributed by atoms with Crippen LogP contribution in [0.25, 0.3) is 10.9 Å². The first-order chi connectivity index (χ1) is 13.4. The van der Waals surface area contributed by atoms with Crippen molar-refractivity contribution in [3.05, 3.63) is 76.4 Å². The van der Waals surface area contributed by atoms with Gasteiger partial charge in [-0.3, -0.25) is 9.78 Å². The Labute approximate surface area is 179 Å². The molecular formula is C23H22ClNOS2. The van der Waals surface area contributed by atoms with Crippen molar-refractivity contribution in [2.75, 3.05) is 5.75 Å². The average molecular weight is 428 g/mol. The summed E-state index contributed by atoms with van der Waals surface area (Å²) in [5, 5.41) is 2.11. The molecule has 1 saturated heterocycles. The number of carbonyl (C=O) groups excluding carboxylic acids is 1. The SMILES string of the molecule is CC1(C)CSC(c2cccc(CCc3ccc4ccc(Cl)cc4n3)c2)SC1=O. The van der Waals surface area contributed by atoms with E-state index in [-0.39, 0.29) is 10.00 Å². The molecule has 0 N–H and O–H groups in total. The normalized spacial score (nSPS) is 19.1. The van der Waals surface area contributed by atoms with Gasteiger partial charge in [0.25, 0.3) is 0 Å². The van der Waals surface area contributed by atoms with Gasteiger partial charge in [0.1, 0.15) is 0 Å². The van der Waals surface area contributed by atoms with Crippen molar-refractivity contribution >= 4 is 51.1 Å². The fourth-order valence-electron chi connectivity index (χ4n) is 3.24. The molecule has 0 bridgehead atoms. The van der Waals surface area contributed by atoms with Crippen molar-refractivity contribution in [1.82, 2.24) is 4.98 Å². The highest BCUT2D eigenvalue weighted by Crippen LogP contribution is 2.50. The molecule has 1 aromatic heterocycles. The molecular weight excluding hydrogens is 406 g/mol. The van der Waals surface area contributed by atoms with Gasteiger partial charge >= 0.3 is 0 Å². The van der Waals surface area contributed by atoms with Gasteiger partial charge in [0.15, 0.2) is 5.12 Å². The third kappa shape index (κ3) is 4.40. The van der Waals surface area contributed by atoms with E-state index in [0.29, 0.717) is 10.1 Å². The molecule has 5 heteroatoms. The second kappa shape index (κ2) is 8.10. The number of hydrogen-bond donors (Lipinski definition) is 0. The topological polar surface area (TPSA) is 30.0 Å². The Hall–Kier alpha value is -1.49. The summed E-state index contributed by atoms with van der Waals surface area (Å²) in [6.45, 7) is 4.07. The Balaban J connectivity index is 1.46. The van der Waals surface area contributed by atoms with Crippen LogP contribution in [0, 0.1) is 5.41 Å². The van der Waals surface area contributed by atoms with Gasteiger partial charge < -0.3 is 0 Å². The van der Waals surface area contributed by atoms with Crippen LogP contribution < -0.4 is 0 Å². The van der Waals surface area contributed by atoms with E-state index < -0.39 is 0 Å². The molecule has 0 radical (unpaired) electrons. The zero-order chi connectivity index (χ0) is 19.7. The molecule has 1 unspecified atom stereocenters. The van der Waals surface area contributed by atoms with E-state index in [0.717, 1.165) is 35.2 Å². The van der Waals surface area contributed by atoms with E-state index in [9.17, 15) is 4.79 Å². The molecule has 0 amide bonds. The molecule has 2 heterocycles. The highest BCUT2D eigenvalue weighted by Gasteiger charge is 2.36. The predicted octanol–water partition coefficient (Wildman–Crippen LogP) is 6.70. The van der Waals surface area contributed by atoms with E-state index in [1.165, 1.54) is 22.9 Å². The van der Waals surface area contributed by atoms with Gasteiger partial charge in [0.05, 0.1) is 10.1 Å². The third-order valence-electron chi connectivity index (χ3n) is 4.97. The zero-order valence-electron chi connectivity index (χ0n) is 15.9. The lowest BCUT2D eigenvalue weighted by molar-refractivity contribution is -0.117. The lowest BCUT2D eigenvalue weighted by atomic mass is 9.99. The first kappa shape index (κ1) is 19.8. The molecule has 4 rings (SSSR count). The fraction of sp³-hybridized carbons (Fsp3) is 0.304. The molecule has 0 aliphatic carbocycles. The highest BCUT2D eigenvalue weighted by molar-refractivity contribution is 8.25. The van der Waals surface area contributed by atoms with E-state index in [4.69, 9.17) is 16.6 Å². The van der Waals surface area contributed by atoms with E-state index in [1.54, 1.807) is 0 Å². The van der Waals surface area contributed by atoms with Crippen molar-refractivity contribution in [3.8, 4) is 0 Å². The summed E-state index contributed by atoms with van der Waals surface area (Å²) in [5.74, 6) is 0.872. The molecule has 144 valence electrons. The standard InChI is InChI=1S/C23H22ClNOS2/c1-23(2)14-27-21(28-22(23)26)17-5-3-4-15(12-17)6-10-19-11-8-16-7-9-18(24)13-20(16)25-19/h3-5,7-9,11-13,21H,6,10,14H2,1-2H3. The summed E-state index contributed by atoms with van der Waals surface area (Å²) in [4.78, 5) is 17.1. The van der Waals surface area contributed by atoms with Crippen molar-refractivity contribution in [2.24, 2.45) is 5.41 Å². The summed E-state index contributed by atoms with van der Waals surface area (Å²) in [6.07, 6.45) is 1.80. The molecule has 0 spiro atoms. The lowest BCUT2D eigenvalue weighted by Crippen LogP contribution is -2.28. The first-order valence-corrected chi connectivity index (χ1v) is 11.7. The van der Waals surface area contributed by atoms with Gasteiger partial charge in [0.2, 0.25) is 0 Å². The van der Waals surface area contributed by atoms with E-state index in [2.05, 4.69) is 36.4 Å². The Morgan fingerprint density at radius 2 is 1.93 bits per heavy atom. The van der Waals surface area contributed by atoms with Gasteiger partial charge in [-0.15, -0.1) is 11.8 Å². The van der Waals surface area contributed by atoms with Gasteiger partial charge in [-0.1, -0.05) is 73.6 Å². The predicted molar refractivity (Wildman–Crippen MR) is 122 cm³/mol. The van der Waals surface area contributed by atoms with Crippen LogP contribution in [0.5, 0.6) is 0 Å². The van der Waals surface area contributed by atoms with Crippen LogP contribution in [-0.4, -0.2) is 15.9 Å². The molecule has 2 nitrogen and oxygen atoms in total. The number of carbonyl (C=O) groups is 1. The van der Waals surface area contributed by atoms with Crippen molar-refractivity contribution in [1.29, 1.82) is 0 Å². The van der Waals surface area contributed by atoms with Crippen molar-refractivity contribution in [2.45, 2.75) is 31.3 Å². The maximum absolute atomic E-state index is 12.4. The number of pyridine rings is 1. The summed E-state index contributed by atoms with van der Waals surface area (Å²) in [7, 11) is 0.